The van der Waals surface area contributed by atoms with Crippen LogP contribution in [0.15, 0.2) is 23.1 Å². The van der Waals surface area contributed by atoms with Crippen molar-refractivity contribution in [2.75, 3.05) is 24.7 Å². The molecule has 4 rings (SSSR count). The molecule has 0 unspecified atom stereocenters. The topological polar surface area (TPSA) is 102 Å². The highest BCUT2D eigenvalue weighted by Crippen LogP contribution is 2.27. The molecule has 9 nitrogen and oxygen atoms in total. The summed E-state index contributed by atoms with van der Waals surface area (Å²) in [4.78, 5) is 32.8. The van der Waals surface area contributed by atoms with Crippen molar-refractivity contribution in [1.29, 1.82) is 0 Å². The number of halogens is 2. The fourth-order valence-electron chi connectivity index (χ4n) is 3.34. The lowest BCUT2D eigenvalue weighted by molar-refractivity contribution is -0.125. The second-order valence-corrected chi connectivity index (χ2v) is 6.58. The number of nitrogens with zero attached hydrogens (tertiary/aromatic N) is 4. The first kappa shape index (κ1) is 19.0. The van der Waals surface area contributed by atoms with Crippen molar-refractivity contribution >= 4 is 22.9 Å². The second kappa shape index (κ2) is 7.24. The Morgan fingerprint density at radius 3 is 2.62 bits per heavy atom. The fourth-order valence-corrected chi connectivity index (χ4v) is 3.34. The van der Waals surface area contributed by atoms with Crippen LogP contribution in [-0.2, 0) is 9.53 Å². The smallest absolute Gasteiger partial charge is 0.387 e. The van der Waals surface area contributed by atoms with Gasteiger partial charge in [-0.1, -0.05) is 0 Å². The molecule has 0 atom stereocenters. The number of alkyl halides is 2. The van der Waals surface area contributed by atoms with E-state index in [1.807, 2.05) is 0 Å². The average molecular weight is 405 g/mol. The zero-order valence-corrected chi connectivity index (χ0v) is 15.6. The molecule has 1 saturated heterocycles. The lowest BCUT2D eigenvalue weighted by Gasteiger charge is -2.24. The van der Waals surface area contributed by atoms with E-state index in [1.165, 1.54) is 27.9 Å². The maximum Gasteiger partial charge on any atom is 0.387 e. The zero-order valence-electron chi connectivity index (χ0n) is 15.6. The van der Waals surface area contributed by atoms with E-state index >= 15 is 0 Å². The molecule has 0 saturated carbocycles. The number of morpholine rings is 1. The summed E-state index contributed by atoms with van der Waals surface area (Å²) in [6.07, 6.45) is 1.51. The maximum absolute atomic E-state index is 12.5. The van der Waals surface area contributed by atoms with Crippen molar-refractivity contribution in [3.05, 3.63) is 39.8 Å². The quantitative estimate of drug-likeness (QED) is 0.709. The van der Waals surface area contributed by atoms with Crippen LogP contribution in [0.5, 0.6) is 5.75 Å². The molecule has 1 aromatic carbocycles. The van der Waals surface area contributed by atoms with Gasteiger partial charge in [-0.05, 0) is 37.1 Å². The standard InChI is InChI=1S/C18H17F2N5O4/c1-9-5-11(29-17(19)20)6-10(2)14(9)25-7-12-15(23-25)21-18(22-16(12)27)24-3-4-28-8-13(24)26/h5-7,17H,3-4,8H2,1-2H3,(H,21,22,23,27). The number of hydrogen-bond acceptors (Lipinski definition) is 6. The predicted octanol–water partition coefficient (Wildman–Crippen LogP) is 1.69. The fraction of sp³-hybridized carbons (Fsp3) is 0.333. The largest absolute Gasteiger partial charge is 0.435 e. The number of fused-ring (bicyclic) bond motifs is 1. The lowest BCUT2D eigenvalue weighted by atomic mass is 10.1. The van der Waals surface area contributed by atoms with Crippen molar-refractivity contribution in [3.63, 3.8) is 0 Å². The van der Waals surface area contributed by atoms with Gasteiger partial charge < -0.3 is 9.47 Å². The predicted molar refractivity (Wildman–Crippen MR) is 98.8 cm³/mol. The van der Waals surface area contributed by atoms with Crippen LogP contribution in [0.3, 0.4) is 0 Å². The van der Waals surface area contributed by atoms with Gasteiger partial charge in [-0.15, -0.1) is 5.10 Å². The SMILES string of the molecule is Cc1cc(OC(F)F)cc(C)c1-n1cc2c(=O)[nH]c(N3CCOCC3=O)nc2n1. The number of anilines is 1. The number of benzene rings is 1. The number of rotatable bonds is 4. The monoisotopic (exact) mass is 405 g/mol. The minimum Gasteiger partial charge on any atom is -0.435 e. The van der Waals surface area contributed by atoms with Crippen molar-refractivity contribution in [2.24, 2.45) is 0 Å². The first-order valence-corrected chi connectivity index (χ1v) is 8.77. The van der Waals surface area contributed by atoms with Crippen molar-refractivity contribution in [1.82, 2.24) is 19.7 Å². The van der Waals surface area contributed by atoms with Gasteiger partial charge in [-0.3, -0.25) is 19.5 Å². The molecule has 1 aliphatic rings. The number of aromatic nitrogens is 4. The van der Waals surface area contributed by atoms with Crippen LogP contribution >= 0.6 is 0 Å². The lowest BCUT2D eigenvalue weighted by Crippen LogP contribution is -2.43. The van der Waals surface area contributed by atoms with Gasteiger partial charge in [-0.2, -0.15) is 13.8 Å². The van der Waals surface area contributed by atoms with Crippen LogP contribution in [0, 0.1) is 13.8 Å². The van der Waals surface area contributed by atoms with Crippen LogP contribution in [0.1, 0.15) is 11.1 Å². The van der Waals surface area contributed by atoms with E-state index in [9.17, 15) is 18.4 Å². The van der Waals surface area contributed by atoms with Crippen LogP contribution in [0.4, 0.5) is 14.7 Å². The third-order valence-electron chi connectivity index (χ3n) is 4.54. The Hall–Kier alpha value is -3.34. The zero-order chi connectivity index (χ0) is 20.7. The number of aromatic amines is 1. The molecule has 1 fully saturated rings. The number of ether oxygens (including phenoxy) is 2. The van der Waals surface area contributed by atoms with E-state index in [4.69, 9.17) is 4.74 Å². The number of nitrogens with one attached hydrogen (secondary N) is 1. The molecule has 1 N–H and O–H groups in total. The van der Waals surface area contributed by atoms with Gasteiger partial charge in [0.1, 0.15) is 17.7 Å². The summed E-state index contributed by atoms with van der Waals surface area (Å²) >= 11 is 0. The molecule has 0 aliphatic carbocycles. The molecular formula is C18H17F2N5O4. The Morgan fingerprint density at radius 2 is 1.97 bits per heavy atom. The number of carbonyl (C=O) groups excluding carboxylic acids is 1. The molecule has 1 aliphatic heterocycles. The highest BCUT2D eigenvalue weighted by atomic mass is 19.3. The Labute approximate surface area is 162 Å². The number of carbonyl (C=O) groups is 1. The van der Waals surface area contributed by atoms with Crippen molar-refractivity contribution < 1.29 is 23.0 Å². The van der Waals surface area contributed by atoms with Gasteiger partial charge in [0.25, 0.3) is 11.5 Å². The highest BCUT2D eigenvalue weighted by molar-refractivity contribution is 5.93. The van der Waals surface area contributed by atoms with E-state index in [0.29, 0.717) is 23.4 Å². The molecule has 11 heteroatoms. The summed E-state index contributed by atoms with van der Waals surface area (Å²) in [5, 5.41) is 4.60. The molecule has 1 amide bonds. The number of aryl methyl sites for hydroxylation is 2. The van der Waals surface area contributed by atoms with Gasteiger partial charge in [0.05, 0.1) is 18.8 Å². The van der Waals surface area contributed by atoms with E-state index < -0.39 is 12.2 Å². The number of hydrogen-bond donors (Lipinski definition) is 1. The third kappa shape index (κ3) is 3.56. The molecule has 152 valence electrons. The third-order valence-corrected chi connectivity index (χ3v) is 4.54. The summed E-state index contributed by atoms with van der Waals surface area (Å²) in [5.41, 5.74) is 1.60. The van der Waals surface area contributed by atoms with E-state index in [1.54, 1.807) is 13.8 Å². The van der Waals surface area contributed by atoms with Crippen molar-refractivity contribution in [2.45, 2.75) is 20.5 Å². The Bertz CT molecular complexity index is 1130. The summed E-state index contributed by atoms with van der Waals surface area (Å²) in [5.74, 6) is -0.158. The molecule has 3 heterocycles. The number of H-pyrrole nitrogens is 1. The first-order chi connectivity index (χ1) is 13.8. The van der Waals surface area contributed by atoms with Crippen LogP contribution in [0.25, 0.3) is 16.7 Å². The minimum atomic E-state index is -2.92. The van der Waals surface area contributed by atoms with Crippen LogP contribution < -0.4 is 15.2 Å². The molecule has 0 spiro atoms. The minimum absolute atomic E-state index is 0.0412. The summed E-state index contributed by atoms with van der Waals surface area (Å²) in [7, 11) is 0. The Kier molecular flexibility index (Phi) is 4.74. The van der Waals surface area contributed by atoms with Gasteiger partial charge >= 0.3 is 6.61 Å². The van der Waals surface area contributed by atoms with E-state index in [2.05, 4.69) is 19.8 Å². The molecule has 0 bridgehead atoms. The summed E-state index contributed by atoms with van der Waals surface area (Å²) in [6, 6.07) is 2.94. The van der Waals surface area contributed by atoms with Crippen molar-refractivity contribution in [3.8, 4) is 11.4 Å². The van der Waals surface area contributed by atoms with E-state index in [-0.39, 0.29) is 41.8 Å². The Morgan fingerprint density at radius 1 is 1.24 bits per heavy atom. The second-order valence-electron chi connectivity index (χ2n) is 6.58. The molecule has 2 aromatic heterocycles. The van der Waals surface area contributed by atoms with Crippen LogP contribution in [0.2, 0.25) is 0 Å². The van der Waals surface area contributed by atoms with Gasteiger partial charge in [0.15, 0.2) is 5.65 Å². The summed E-state index contributed by atoms with van der Waals surface area (Å²) in [6.45, 7) is 1.06. The van der Waals surface area contributed by atoms with Gasteiger partial charge in [0.2, 0.25) is 5.95 Å². The van der Waals surface area contributed by atoms with Crippen LogP contribution in [-0.4, -0.2) is 52.0 Å². The first-order valence-electron chi connectivity index (χ1n) is 8.77. The molecule has 29 heavy (non-hydrogen) atoms. The number of amides is 1. The van der Waals surface area contributed by atoms with E-state index in [0.717, 1.165) is 0 Å². The normalized spacial score (nSPS) is 14.8. The molecule has 0 radical (unpaired) electrons. The maximum atomic E-state index is 12.5. The summed E-state index contributed by atoms with van der Waals surface area (Å²) < 4.78 is 36.0. The molecular weight excluding hydrogens is 388 g/mol. The highest BCUT2D eigenvalue weighted by Gasteiger charge is 2.24. The van der Waals surface area contributed by atoms with Gasteiger partial charge in [0, 0.05) is 6.20 Å². The van der Waals surface area contributed by atoms with Gasteiger partial charge in [-0.25, -0.2) is 4.68 Å². The Balaban J connectivity index is 1.77. The average Bonchev–Trinajstić information content (AvgIpc) is 3.05. The molecule has 3 aromatic rings.